The fourth-order valence-corrected chi connectivity index (χ4v) is 11.4. The standard InChI is InChI=1S/C44H52F17NO7Si/c1-8-66-34(63)14-12-10-9-11-13-29(6)35(69-36(64)62-31-17-21-32(65-7)22-18-31)30-15-19-33(20-16-30)67-24-25-68-70(27(2)3,28(4)5)26-23-37(45,46)38(47,48)39(49,50)40(51,52)41(53,54)42(55,56)43(57,58)44(59,60)61/h9-10,12,14-22,27-29,35H,8,11,13,23-26H2,1-7H3,(H,62,64)/b10-9+,14-12+/t29-,35-/m0/s1. The molecule has 0 unspecified atom stereocenters. The first-order chi connectivity index (χ1) is 32.0. The van der Waals surface area contributed by atoms with E-state index in [0.717, 1.165) is 0 Å². The number of nitrogens with one attached hydrogen (secondary N) is 1. The van der Waals surface area contributed by atoms with Gasteiger partial charge in [0.15, 0.2) is 8.32 Å². The molecule has 2 rings (SSSR count). The lowest BCUT2D eigenvalue weighted by atomic mass is 9.88. The van der Waals surface area contributed by atoms with Crippen LogP contribution in [0.5, 0.6) is 11.5 Å². The summed E-state index contributed by atoms with van der Waals surface area (Å²) in [6, 6.07) is 11.0. The Kier molecular flexibility index (Phi) is 20.7. The fourth-order valence-electron chi connectivity index (χ4n) is 6.96. The third-order valence-electron chi connectivity index (χ3n) is 11.1. The summed E-state index contributed by atoms with van der Waals surface area (Å²) in [5.41, 5.74) is -0.906. The Morgan fingerprint density at radius 3 is 1.64 bits per heavy atom. The number of alkyl halides is 17. The maximum absolute atomic E-state index is 15.1. The highest BCUT2D eigenvalue weighted by Crippen LogP contribution is 2.64. The van der Waals surface area contributed by atoms with Crippen molar-refractivity contribution in [2.75, 3.05) is 32.2 Å². The zero-order valence-electron chi connectivity index (χ0n) is 38.5. The normalized spacial score (nSPS) is 14.9. The highest BCUT2D eigenvalue weighted by atomic mass is 28.4. The predicted molar refractivity (Wildman–Crippen MR) is 223 cm³/mol. The second-order valence-electron chi connectivity index (χ2n) is 16.5. The van der Waals surface area contributed by atoms with Gasteiger partial charge in [-0.3, -0.25) is 5.32 Å². The monoisotopic (exact) mass is 1060 g/mol. The van der Waals surface area contributed by atoms with Crippen molar-refractivity contribution >= 4 is 26.1 Å². The van der Waals surface area contributed by atoms with Crippen LogP contribution in [0.3, 0.4) is 0 Å². The largest absolute Gasteiger partial charge is 0.497 e. The molecule has 0 bridgehead atoms. The summed E-state index contributed by atoms with van der Waals surface area (Å²) in [6.45, 7) is 8.02. The van der Waals surface area contributed by atoms with Crippen LogP contribution in [0, 0.1) is 5.92 Å². The average Bonchev–Trinajstić information content (AvgIpc) is 3.26. The van der Waals surface area contributed by atoms with E-state index in [-0.39, 0.29) is 18.3 Å². The molecule has 70 heavy (non-hydrogen) atoms. The smallest absolute Gasteiger partial charge is 0.460 e. The highest BCUT2D eigenvalue weighted by Gasteiger charge is 2.95. The van der Waals surface area contributed by atoms with Gasteiger partial charge in [-0.25, -0.2) is 9.59 Å². The number of carbonyl (C=O) groups is 2. The molecule has 26 heteroatoms. The van der Waals surface area contributed by atoms with Crippen molar-refractivity contribution in [3.63, 3.8) is 0 Å². The van der Waals surface area contributed by atoms with E-state index in [1.807, 2.05) is 0 Å². The second-order valence-corrected chi connectivity index (χ2v) is 21.5. The van der Waals surface area contributed by atoms with Crippen LogP contribution in [0.4, 0.5) is 85.1 Å². The van der Waals surface area contributed by atoms with E-state index in [0.29, 0.717) is 29.8 Å². The first kappa shape index (κ1) is 61.4. The molecule has 0 radical (unpaired) electrons. The minimum Gasteiger partial charge on any atom is -0.497 e. The molecule has 1 N–H and O–H groups in total. The summed E-state index contributed by atoms with van der Waals surface area (Å²) in [6.07, 6.45) is -5.00. The molecule has 0 spiro atoms. The van der Waals surface area contributed by atoms with Crippen LogP contribution in [0.25, 0.3) is 0 Å². The molecular weight excluding hydrogens is 1010 g/mol. The summed E-state index contributed by atoms with van der Waals surface area (Å²) in [4.78, 5) is 24.6. The average molecular weight is 1060 g/mol. The van der Waals surface area contributed by atoms with Crippen LogP contribution in [-0.2, 0) is 18.7 Å². The van der Waals surface area contributed by atoms with Crippen molar-refractivity contribution in [1.29, 1.82) is 0 Å². The maximum Gasteiger partial charge on any atom is 0.460 e. The lowest BCUT2D eigenvalue weighted by molar-refractivity contribution is -0.461. The second kappa shape index (κ2) is 23.6. The zero-order valence-corrected chi connectivity index (χ0v) is 39.5. The van der Waals surface area contributed by atoms with Gasteiger partial charge in [0.05, 0.1) is 20.3 Å². The summed E-state index contributed by atoms with van der Waals surface area (Å²) in [5, 5.41) is 2.62. The predicted octanol–water partition coefficient (Wildman–Crippen LogP) is 14.6. The molecule has 8 nitrogen and oxygen atoms in total. The lowest BCUT2D eigenvalue weighted by Crippen LogP contribution is -2.74. The van der Waals surface area contributed by atoms with Crippen LogP contribution in [-0.4, -0.2) is 94.9 Å². The summed E-state index contributed by atoms with van der Waals surface area (Å²) < 4.78 is 264. The van der Waals surface area contributed by atoms with E-state index in [1.54, 1.807) is 50.3 Å². The van der Waals surface area contributed by atoms with E-state index < -0.39 is 111 Å². The van der Waals surface area contributed by atoms with Crippen molar-refractivity contribution in [3.05, 3.63) is 78.4 Å². The molecule has 0 saturated heterocycles. The molecule has 0 heterocycles. The van der Waals surface area contributed by atoms with Crippen molar-refractivity contribution in [3.8, 4) is 11.5 Å². The van der Waals surface area contributed by atoms with Crippen molar-refractivity contribution in [2.45, 2.75) is 132 Å². The van der Waals surface area contributed by atoms with E-state index in [9.17, 15) is 75.4 Å². The number of anilines is 1. The number of hydrogen-bond acceptors (Lipinski definition) is 7. The Morgan fingerprint density at radius 1 is 0.657 bits per heavy atom. The van der Waals surface area contributed by atoms with Crippen LogP contribution in [0.2, 0.25) is 17.1 Å². The number of methoxy groups -OCH3 is 1. The molecular formula is C44H52F17NO7Si. The molecule has 0 aliphatic carbocycles. The third-order valence-corrected chi connectivity index (χ3v) is 16.8. The number of hydrogen-bond donors (Lipinski definition) is 1. The molecule has 2 atom stereocenters. The number of carbonyl (C=O) groups excluding carboxylic acids is 2. The first-order valence-corrected chi connectivity index (χ1v) is 23.4. The Balaban J connectivity index is 2.29. The van der Waals surface area contributed by atoms with Crippen molar-refractivity contribution in [1.82, 2.24) is 0 Å². The molecule has 398 valence electrons. The van der Waals surface area contributed by atoms with Crippen LogP contribution in [0.1, 0.15) is 72.5 Å². The summed E-state index contributed by atoms with van der Waals surface area (Å²) >= 11 is 0. The molecule has 0 saturated carbocycles. The van der Waals surface area contributed by atoms with Gasteiger partial charge in [0, 0.05) is 18.2 Å². The van der Waals surface area contributed by atoms with Gasteiger partial charge in [0.25, 0.3) is 0 Å². The molecule has 0 aliphatic rings. The number of amides is 1. The number of allylic oxidation sites excluding steroid dienone is 3. The van der Waals surface area contributed by atoms with Gasteiger partial charge in [-0.2, -0.15) is 74.6 Å². The number of halogens is 17. The van der Waals surface area contributed by atoms with Crippen LogP contribution < -0.4 is 14.8 Å². The first-order valence-electron chi connectivity index (χ1n) is 21.1. The maximum atomic E-state index is 15.1. The Morgan fingerprint density at radius 2 is 1.16 bits per heavy atom. The van der Waals surface area contributed by atoms with Gasteiger partial charge in [-0.05, 0) is 84.8 Å². The van der Waals surface area contributed by atoms with Crippen LogP contribution >= 0.6 is 0 Å². The molecule has 2 aromatic rings. The highest BCUT2D eigenvalue weighted by molar-refractivity contribution is 6.76. The van der Waals surface area contributed by atoms with Gasteiger partial charge in [0.1, 0.15) is 24.2 Å². The number of esters is 1. The van der Waals surface area contributed by atoms with Gasteiger partial charge in [0.2, 0.25) is 0 Å². The lowest BCUT2D eigenvalue weighted by Gasteiger charge is -2.44. The molecule has 0 aliphatic heterocycles. The number of benzene rings is 2. The van der Waals surface area contributed by atoms with Crippen molar-refractivity contribution < 1.29 is 108 Å². The Labute approximate surface area is 393 Å². The van der Waals surface area contributed by atoms with Crippen LogP contribution in [0.15, 0.2) is 72.8 Å². The fraction of sp³-hybridized carbons (Fsp3) is 0.591. The quantitative estimate of drug-likeness (QED) is 0.0238. The van der Waals surface area contributed by atoms with Gasteiger partial charge >= 0.3 is 59.7 Å². The van der Waals surface area contributed by atoms with Gasteiger partial charge in [-0.1, -0.05) is 65.0 Å². The van der Waals surface area contributed by atoms with E-state index in [4.69, 9.17) is 23.4 Å². The summed E-state index contributed by atoms with van der Waals surface area (Å²) in [7, 11) is -2.56. The topological polar surface area (TPSA) is 92.3 Å². The molecule has 0 fully saturated rings. The minimum absolute atomic E-state index is 0.142. The molecule has 1 amide bonds. The Bertz CT molecular complexity index is 2040. The van der Waals surface area contributed by atoms with E-state index >= 15 is 8.78 Å². The van der Waals surface area contributed by atoms with E-state index in [1.165, 1.54) is 71.2 Å². The number of rotatable bonds is 27. The van der Waals surface area contributed by atoms with E-state index in [2.05, 4.69) is 5.32 Å². The van der Waals surface area contributed by atoms with Gasteiger partial charge < -0.3 is 23.4 Å². The SMILES string of the molecule is CCOC(=O)/C=C/C=C/CC[C@H](C)[C@H](OC(=O)Nc1ccc(OC)cc1)c1ccc(OCCO[Si](CCC(F)(F)C(F)(F)C(F)(F)C(F)(F)C(F)(F)C(F)(F)C(F)(F)C(F)(F)F)(C(C)C)C(C)C)cc1. The molecule has 2 aromatic carbocycles. The number of ether oxygens (including phenoxy) is 4. The minimum atomic E-state index is -8.70. The van der Waals surface area contributed by atoms with Gasteiger partial charge in [-0.15, -0.1) is 0 Å². The third kappa shape index (κ3) is 13.4. The van der Waals surface area contributed by atoms with Crippen molar-refractivity contribution in [2.24, 2.45) is 5.92 Å². The Hall–Kier alpha value is -4.75. The zero-order chi connectivity index (χ0) is 54.0. The molecule has 0 aromatic heterocycles. The summed E-state index contributed by atoms with van der Waals surface area (Å²) in [5.74, 6) is -57.0.